The van der Waals surface area contributed by atoms with Crippen LogP contribution >= 0.6 is 0 Å². The van der Waals surface area contributed by atoms with Gasteiger partial charge in [0.1, 0.15) is 122 Å². The van der Waals surface area contributed by atoms with Gasteiger partial charge in [-0.25, -0.2) is 0 Å². The number of allylic oxidation sites excluding steroid dienone is 2. The van der Waals surface area contributed by atoms with E-state index < -0.39 is 276 Å². The summed E-state index contributed by atoms with van der Waals surface area (Å²) in [6, 6.07) is 0. The highest BCUT2D eigenvalue weighted by molar-refractivity contribution is 5.34. The van der Waals surface area contributed by atoms with Crippen LogP contribution in [-0.2, 0) is 56.8 Å². The van der Waals surface area contributed by atoms with Crippen molar-refractivity contribution in [3.05, 3.63) is 23.3 Å². The number of aliphatic hydroxyl groups is 24. The van der Waals surface area contributed by atoms with Gasteiger partial charge in [0.15, 0.2) is 37.7 Å². The van der Waals surface area contributed by atoms with Crippen molar-refractivity contribution in [2.45, 2.75) is 467 Å². The van der Waals surface area contributed by atoms with Crippen molar-refractivity contribution < 1.29 is 179 Å². The molecule has 6 saturated heterocycles. The van der Waals surface area contributed by atoms with Crippen LogP contribution in [0.15, 0.2) is 23.3 Å². The molecule has 8 aliphatic carbocycles. The average molecular weight is 1940 g/mol. The molecule has 6 aliphatic heterocycles. The van der Waals surface area contributed by atoms with Crippen molar-refractivity contribution in [2.75, 3.05) is 33.0 Å². The monoisotopic (exact) mass is 1940 g/mol. The molecule has 0 bridgehead atoms. The normalized spacial score (nSPS) is 50.6. The number of ether oxygens (including phenoxy) is 12. The summed E-state index contributed by atoms with van der Waals surface area (Å²) in [6.45, 7) is 33.6. The summed E-state index contributed by atoms with van der Waals surface area (Å²) in [4.78, 5) is 0. The van der Waals surface area contributed by atoms with Gasteiger partial charge in [0.2, 0.25) is 0 Å². The minimum Gasteiger partial charge on any atom is -0.394 e. The quantitative estimate of drug-likeness (QED) is 0.0490. The summed E-state index contributed by atoms with van der Waals surface area (Å²) in [6.07, 6.45) is -31.1. The smallest absolute Gasteiger partial charge is 0.187 e. The molecule has 0 radical (unpaired) electrons. The van der Waals surface area contributed by atoms with E-state index in [-0.39, 0.29) is 100 Å². The molecule has 6 saturated carbocycles. The number of fused-ring (bicyclic) bond motifs is 10. The zero-order valence-electron chi connectivity index (χ0n) is 81.7. The van der Waals surface area contributed by atoms with Gasteiger partial charge in [-0.1, -0.05) is 128 Å². The van der Waals surface area contributed by atoms with Gasteiger partial charge in [-0.2, -0.15) is 0 Å². The van der Waals surface area contributed by atoms with Crippen LogP contribution in [0.3, 0.4) is 0 Å². The lowest BCUT2D eigenvalue weighted by Crippen LogP contribution is -2.65. The molecule has 0 amide bonds. The predicted octanol–water partition coefficient (Wildman–Crippen LogP) is 1.22. The van der Waals surface area contributed by atoms with Crippen LogP contribution in [0.1, 0.15) is 241 Å². The lowest BCUT2D eigenvalue weighted by atomic mass is 9.38. The summed E-state index contributed by atoms with van der Waals surface area (Å²) in [5, 5.41) is 261. The van der Waals surface area contributed by atoms with Gasteiger partial charge in [-0.05, 0) is 206 Å². The van der Waals surface area contributed by atoms with Crippen LogP contribution in [0.2, 0.25) is 0 Å². The Morgan fingerprint density at radius 1 is 0.378 bits per heavy atom. The maximum atomic E-state index is 12.6. The third-order valence-corrected chi connectivity index (χ3v) is 38.0. The van der Waals surface area contributed by atoms with Crippen LogP contribution in [0.5, 0.6) is 0 Å². The molecule has 14 aliphatic rings. The van der Waals surface area contributed by atoms with E-state index in [0.29, 0.717) is 44.9 Å². The first kappa shape index (κ1) is 112. The molecule has 12 fully saturated rings. The molecule has 50 atom stereocenters. The Morgan fingerprint density at radius 3 is 1.14 bits per heavy atom. The van der Waals surface area contributed by atoms with Gasteiger partial charge in [0, 0.05) is 27.6 Å². The standard InChI is InChI=1S/2C49H84O18.CH4/c1-22(10-14-33(46(5,6)61)66-44-41(38(58)36(56)29(21-52)64-44)67-43-39(59)34(54)23(2)27(19-50)62-43)24-16-17-47(7)30-13-11-25-26(49(30,9)31(53)18-48(24,47)8)12-15-32(45(25,3)4)65-42-40(60)37(57)35(55)28(20-51)63-42;1-10-26-33(53)36(56)39(59)42(63-26)62-21-28-35(55)38(58)41(67-43-40(60)37(57)34(54)27(20-50)64-43)44(65-28)66-32(46(5,6)61)16-11-22(2)23-17-18-47(7)29-14-12-24-25(13-15-30(51)45(24,3)4)49(29,9)31(52)19-48(23,47)8;/h11,22-24,26-44,50-61H,10,12-21H2,1-9H3;12,22-23,25-44,50-61H,10-11,13-21H2,1-9H3;1H4. The predicted molar refractivity (Wildman–Crippen MR) is 483 cm³/mol. The Bertz CT molecular complexity index is 3900. The highest BCUT2D eigenvalue weighted by Crippen LogP contribution is 2.77. The summed E-state index contributed by atoms with van der Waals surface area (Å²) in [5.41, 5.74) is -2.85. The second-order valence-corrected chi connectivity index (χ2v) is 46.7. The molecule has 14 rings (SSSR count). The third kappa shape index (κ3) is 19.9. The van der Waals surface area contributed by atoms with Gasteiger partial charge < -0.3 is 179 Å². The molecule has 0 spiro atoms. The first-order chi connectivity index (χ1) is 62.4. The molecular weight excluding hydrogens is 1770 g/mol. The summed E-state index contributed by atoms with van der Waals surface area (Å²) < 4.78 is 72.3. The Labute approximate surface area is 795 Å². The van der Waals surface area contributed by atoms with Crippen LogP contribution in [0, 0.1) is 96.6 Å². The molecule has 6 heterocycles. The fourth-order valence-corrected chi connectivity index (χ4v) is 28.7. The maximum absolute atomic E-state index is 12.6. The molecule has 24 N–H and O–H groups in total. The van der Waals surface area contributed by atoms with E-state index >= 15 is 0 Å². The summed E-state index contributed by atoms with van der Waals surface area (Å²) in [7, 11) is 0. The van der Waals surface area contributed by atoms with Crippen LogP contribution in [0.25, 0.3) is 0 Å². The molecule has 784 valence electrons. The van der Waals surface area contributed by atoms with Gasteiger partial charge >= 0.3 is 0 Å². The van der Waals surface area contributed by atoms with Gasteiger partial charge in [0.05, 0.1) is 99.2 Å². The zero-order chi connectivity index (χ0) is 99.0. The summed E-state index contributed by atoms with van der Waals surface area (Å²) >= 11 is 0. The van der Waals surface area contributed by atoms with Crippen molar-refractivity contribution in [3.63, 3.8) is 0 Å². The second kappa shape index (κ2) is 42.1. The Hall–Kier alpha value is -1.96. The maximum Gasteiger partial charge on any atom is 0.187 e. The van der Waals surface area contributed by atoms with Crippen molar-refractivity contribution in [1.29, 1.82) is 0 Å². The Balaban J connectivity index is 0.000000241. The Morgan fingerprint density at radius 2 is 0.726 bits per heavy atom. The lowest BCUT2D eigenvalue weighted by Gasteiger charge is -2.67. The molecule has 0 aromatic heterocycles. The minimum atomic E-state index is -1.88. The highest BCUT2D eigenvalue weighted by Gasteiger charge is 2.73. The fourth-order valence-electron chi connectivity index (χ4n) is 28.7. The Kier molecular flexibility index (Phi) is 34.9. The largest absolute Gasteiger partial charge is 0.394 e. The fraction of sp³-hybridized carbons (Fsp3) is 0.960. The van der Waals surface area contributed by atoms with Gasteiger partial charge in [-0.15, -0.1) is 0 Å². The number of aliphatic hydroxyl groups excluding tert-OH is 22. The second-order valence-electron chi connectivity index (χ2n) is 46.7. The topological polar surface area (TPSA) is 596 Å². The SMILES string of the molecule is C.CC(CCC(OC1OC(CO)C(O)C(O)C1OC1OC(CO)C(C)C(O)C1O)C(C)(C)O)C1CCC2(C)C3CC=C4C(CCC(OC5OC(CO)C(O)C(O)C5O)C4(C)C)C3(C)C(O)CC12C.CCC1OC(OCC2OC(OC(CCC(C)C3CCC4(C)C5CC=C6C(CCC(O)C6(C)C)C5(C)C(O)CC34C)C(C)(C)O)C(OC3OC(CO)C(O)C(O)C3O)C(O)C2O)C(O)C(O)C1O. The first-order valence-electron chi connectivity index (χ1n) is 49.8. The van der Waals surface area contributed by atoms with Crippen LogP contribution < -0.4 is 0 Å². The van der Waals surface area contributed by atoms with Gasteiger partial charge in [0.25, 0.3) is 0 Å². The number of hydrogen-bond donors (Lipinski definition) is 24. The molecule has 135 heavy (non-hydrogen) atoms. The minimum absolute atomic E-state index is 0. The third-order valence-electron chi connectivity index (χ3n) is 38.0. The average Bonchev–Trinajstić information content (AvgIpc) is 1.41. The van der Waals surface area contributed by atoms with Crippen LogP contribution in [-0.4, -0.2) is 382 Å². The van der Waals surface area contributed by atoms with E-state index in [2.05, 4.69) is 95.2 Å². The van der Waals surface area contributed by atoms with Crippen molar-refractivity contribution in [3.8, 4) is 0 Å². The number of hydrogen-bond acceptors (Lipinski definition) is 36. The highest BCUT2D eigenvalue weighted by atomic mass is 16.8. The van der Waals surface area contributed by atoms with Crippen molar-refractivity contribution >= 4 is 0 Å². The van der Waals surface area contributed by atoms with Gasteiger partial charge in [-0.3, -0.25) is 0 Å². The van der Waals surface area contributed by atoms with Crippen molar-refractivity contribution in [1.82, 2.24) is 0 Å². The van der Waals surface area contributed by atoms with E-state index in [9.17, 15) is 123 Å². The first-order valence-corrected chi connectivity index (χ1v) is 49.8. The van der Waals surface area contributed by atoms with Crippen molar-refractivity contribution in [2.24, 2.45) is 96.6 Å². The molecular formula is C99H172O36. The zero-order valence-corrected chi connectivity index (χ0v) is 81.7. The van der Waals surface area contributed by atoms with Crippen LogP contribution in [0.4, 0.5) is 0 Å². The van der Waals surface area contributed by atoms with E-state index in [0.717, 1.165) is 51.4 Å². The number of rotatable bonds is 28. The van der Waals surface area contributed by atoms with E-state index in [1.807, 2.05) is 0 Å². The molecule has 36 heteroatoms. The molecule has 50 unspecified atom stereocenters. The molecule has 0 aromatic rings. The van der Waals surface area contributed by atoms with E-state index in [1.165, 1.54) is 11.1 Å². The summed E-state index contributed by atoms with van der Waals surface area (Å²) in [5.74, 6) is 0.633. The lowest BCUT2D eigenvalue weighted by molar-refractivity contribution is -0.380. The molecule has 36 nitrogen and oxygen atoms in total. The molecule has 0 aromatic carbocycles. The van der Waals surface area contributed by atoms with E-state index in [1.54, 1.807) is 41.5 Å². The van der Waals surface area contributed by atoms with E-state index in [4.69, 9.17) is 56.8 Å².